The first-order valence-electron chi connectivity index (χ1n) is 8.37. The van der Waals surface area contributed by atoms with E-state index < -0.39 is 29.3 Å². The van der Waals surface area contributed by atoms with Crippen molar-refractivity contribution in [3.05, 3.63) is 25.2 Å². The minimum absolute atomic E-state index is 0.0788. The van der Waals surface area contributed by atoms with Crippen molar-refractivity contribution in [3.8, 4) is 5.75 Å². The van der Waals surface area contributed by atoms with Crippen molar-refractivity contribution in [2.75, 3.05) is 27.8 Å². The van der Waals surface area contributed by atoms with Gasteiger partial charge in [-0.25, -0.2) is 0 Å². The molecule has 0 fully saturated rings. The molecule has 2 N–H and O–H groups in total. The number of hydrogen-bond acceptors (Lipinski definition) is 6. The summed E-state index contributed by atoms with van der Waals surface area (Å²) in [5, 5.41) is 12.4. The topological polar surface area (TPSA) is 118 Å². The molecule has 9 nitrogen and oxygen atoms in total. The molecule has 148 valence electrons. The van der Waals surface area contributed by atoms with E-state index in [1.807, 2.05) is 22.6 Å². The molecule has 0 aliphatic carbocycles. The van der Waals surface area contributed by atoms with E-state index in [-0.39, 0.29) is 40.2 Å². The van der Waals surface area contributed by atoms with Gasteiger partial charge in [-0.05, 0) is 29.0 Å². The van der Waals surface area contributed by atoms with E-state index in [0.717, 1.165) is 4.90 Å². The smallest absolute Gasteiger partial charge is 0.311 e. The van der Waals surface area contributed by atoms with Gasteiger partial charge in [0.2, 0.25) is 5.43 Å². The first-order valence-corrected chi connectivity index (χ1v) is 9.45. The second-order valence-electron chi connectivity index (χ2n) is 6.35. The largest absolute Gasteiger partial charge is 0.491 e. The van der Waals surface area contributed by atoms with Gasteiger partial charge in [-0.15, -0.1) is 0 Å². The van der Waals surface area contributed by atoms with Gasteiger partial charge in [0.15, 0.2) is 11.5 Å². The normalized spacial score (nSPS) is 18.0. The molecular formula is C17H22IN3O6. The number of aliphatic hydroxyl groups is 1. The van der Waals surface area contributed by atoms with Gasteiger partial charge in [-0.3, -0.25) is 19.2 Å². The molecule has 0 saturated heterocycles. The lowest BCUT2D eigenvalue weighted by molar-refractivity contribution is -0.144. The predicted molar refractivity (Wildman–Crippen MR) is 105 cm³/mol. The number of ketones is 1. The number of carbonyl (C=O) groups excluding carboxylic acids is 3. The summed E-state index contributed by atoms with van der Waals surface area (Å²) in [7, 11) is 4.22. The Morgan fingerprint density at radius 1 is 1.37 bits per heavy atom. The van der Waals surface area contributed by atoms with Crippen LogP contribution in [-0.4, -0.2) is 60.0 Å². The summed E-state index contributed by atoms with van der Waals surface area (Å²) in [6.07, 6.45) is 0.389. The molecule has 2 heterocycles. The third-order valence-electron chi connectivity index (χ3n) is 4.45. The average molecular weight is 491 g/mol. The lowest BCUT2D eigenvalue weighted by Gasteiger charge is -2.21. The number of methoxy groups -OCH3 is 1. The number of aromatic nitrogens is 1. The molecule has 1 aliphatic heterocycles. The van der Waals surface area contributed by atoms with E-state index in [9.17, 15) is 24.3 Å². The van der Waals surface area contributed by atoms with Crippen molar-refractivity contribution < 1.29 is 24.2 Å². The zero-order valence-corrected chi connectivity index (χ0v) is 17.7. The van der Waals surface area contributed by atoms with Crippen molar-refractivity contribution in [2.45, 2.75) is 31.8 Å². The third-order valence-corrected chi connectivity index (χ3v) is 5.50. The van der Waals surface area contributed by atoms with E-state index >= 15 is 0 Å². The fraction of sp³-hybridized carbons (Fsp3) is 0.529. The van der Waals surface area contributed by atoms with Gasteiger partial charge in [-0.1, -0.05) is 6.92 Å². The molecule has 1 aliphatic rings. The maximum Gasteiger partial charge on any atom is 0.311 e. The molecule has 10 heteroatoms. The zero-order chi connectivity index (χ0) is 20.5. The molecule has 2 atom stereocenters. The number of carbonyl (C=O) groups is 3. The third kappa shape index (κ3) is 3.72. The monoisotopic (exact) mass is 491 g/mol. The Balaban J connectivity index is 2.66. The van der Waals surface area contributed by atoms with Gasteiger partial charge in [0.1, 0.15) is 5.69 Å². The maximum absolute atomic E-state index is 12.7. The van der Waals surface area contributed by atoms with Crippen molar-refractivity contribution in [2.24, 2.45) is 0 Å². The number of ether oxygens (including phenoxy) is 1. The van der Waals surface area contributed by atoms with Crippen molar-refractivity contribution >= 4 is 40.2 Å². The number of aliphatic hydroxyl groups excluding tert-OH is 1. The van der Waals surface area contributed by atoms with E-state index in [1.165, 1.54) is 21.2 Å². The summed E-state index contributed by atoms with van der Waals surface area (Å²) >= 11 is 1.84. The van der Waals surface area contributed by atoms with Crippen LogP contribution in [0, 0.1) is 3.57 Å². The van der Waals surface area contributed by atoms with E-state index in [2.05, 4.69) is 5.32 Å². The van der Waals surface area contributed by atoms with Gasteiger partial charge >= 0.3 is 11.8 Å². The fourth-order valence-corrected chi connectivity index (χ4v) is 4.05. The highest BCUT2D eigenvalue weighted by Gasteiger charge is 2.39. The lowest BCUT2D eigenvalue weighted by Crippen LogP contribution is -2.41. The summed E-state index contributed by atoms with van der Waals surface area (Å²) in [5.74, 6) is -1.94. The summed E-state index contributed by atoms with van der Waals surface area (Å²) in [6, 6.07) is -1.22. The summed E-state index contributed by atoms with van der Waals surface area (Å²) in [4.78, 5) is 50.5. The Hall–Kier alpha value is -1.95. The quantitative estimate of drug-likeness (QED) is 0.346. The van der Waals surface area contributed by atoms with Crippen LogP contribution < -0.4 is 15.5 Å². The number of fused-ring (bicyclic) bond motifs is 1. The van der Waals surface area contributed by atoms with Crippen LogP contribution in [0.2, 0.25) is 0 Å². The highest BCUT2D eigenvalue weighted by Crippen LogP contribution is 2.39. The summed E-state index contributed by atoms with van der Waals surface area (Å²) in [6.45, 7) is 1.36. The Morgan fingerprint density at radius 3 is 2.48 bits per heavy atom. The Bertz CT molecular complexity index is 848. The lowest BCUT2D eigenvalue weighted by atomic mass is 10.1. The maximum atomic E-state index is 12.7. The van der Waals surface area contributed by atoms with Crippen LogP contribution >= 0.6 is 22.6 Å². The molecular weight excluding hydrogens is 469 g/mol. The van der Waals surface area contributed by atoms with Crippen molar-refractivity contribution in [1.82, 2.24) is 14.8 Å². The fourth-order valence-electron chi connectivity index (χ4n) is 3.17. The van der Waals surface area contributed by atoms with Crippen LogP contribution in [-0.2, 0) is 9.59 Å². The highest BCUT2D eigenvalue weighted by molar-refractivity contribution is 14.1. The molecule has 1 aromatic heterocycles. The van der Waals surface area contributed by atoms with Gasteiger partial charge in [0.05, 0.1) is 35.1 Å². The van der Waals surface area contributed by atoms with Crippen LogP contribution in [0.5, 0.6) is 5.75 Å². The van der Waals surface area contributed by atoms with Crippen LogP contribution in [0.1, 0.15) is 48.0 Å². The molecule has 0 saturated carbocycles. The molecule has 2 rings (SSSR count). The van der Waals surface area contributed by atoms with Gasteiger partial charge in [-0.2, -0.15) is 0 Å². The molecule has 0 spiro atoms. The van der Waals surface area contributed by atoms with Crippen molar-refractivity contribution in [1.29, 1.82) is 0 Å². The first kappa shape index (κ1) is 21.4. The summed E-state index contributed by atoms with van der Waals surface area (Å²) in [5.41, 5.74) is 0.0187. The SMILES string of the molecule is CCC(=O)c1c(OC)c(=O)c(I)c2n1[C@H](CO)CC2NC(=O)C(=O)N(C)C. The first-order chi connectivity index (χ1) is 12.7. The molecule has 2 amide bonds. The van der Waals surface area contributed by atoms with E-state index in [0.29, 0.717) is 5.69 Å². The molecule has 1 unspecified atom stereocenters. The van der Waals surface area contributed by atoms with Crippen molar-refractivity contribution in [3.63, 3.8) is 0 Å². The number of likely N-dealkylation sites (N-methyl/N-ethyl adjacent to an activating group) is 1. The van der Waals surface area contributed by atoms with Crippen LogP contribution in [0.4, 0.5) is 0 Å². The van der Waals surface area contributed by atoms with Crippen LogP contribution in [0.3, 0.4) is 0 Å². The molecule has 27 heavy (non-hydrogen) atoms. The van der Waals surface area contributed by atoms with Gasteiger partial charge in [0.25, 0.3) is 0 Å². The molecule has 0 aromatic carbocycles. The number of hydrogen-bond donors (Lipinski definition) is 2. The van der Waals surface area contributed by atoms with E-state index in [1.54, 1.807) is 11.5 Å². The van der Waals surface area contributed by atoms with Gasteiger partial charge < -0.3 is 24.6 Å². The second kappa shape index (κ2) is 8.38. The highest BCUT2D eigenvalue weighted by atomic mass is 127. The van der Waals surface area contributed by atoms with Gasteiger partial charge in [0, 0.05) is 20.5 Å². The Kier molecular flexibility index (Phi) is 6.63. The Morgan fingerprint density at radius 2 is 2.00 bits per heavy atom. The van der Waals surface area contributed by atoms with Crippen LogP contribution in [0.25, 0.3) is 0 Å². The second-order valence-corrected chi connectivity index (χ2v) is 7.43. The Labute approximate surface area is 169 Å². The predicted octanol–water partition coefficient (Wildman–Crippen LogP) is 0.237. The average Bonchev–Trinajstić information content (AvgIpc) is 3.00. The number of rotatable bonds is 5. The number of Topliss-reactive ketones (excluding diaryl/α,β-unsaturated/α-hetero) is 1. The minimum Gasteiger partial charge on any atom is -0.491 e. The number of amides is 2. The molecule has 0 radical (unpaired) electrons. The number of halogens is 1. The molecule has 1 aromatic rings. The van der Waals surface area contributed by atoms with E-state index in [4.69, 9.17) is 4.74 Å². The minimum atomic E-state index is -0.822. The number of nitrogens with zero attached hydrogens (tertiary/aromatic N) is 2. The number of nitrogens with one attached hydrogen (secondary N) is 1. The zero-order valence-electron chi connectivity index (χ0n) is 15.5. The molecule has 0 bridgehead atoms. The van der Waals surface area contributed by atoms with Crippen LogP contribution in [0.15, 0.2) is 4.79 Å². The standard InChI is InChI=1S/C17H22IN3O6/c1-5-10(23)13-15(27-4)14(24)11(18)12-9(6-8(7-22)21(12)13)19-16(25)17(26)20(2)3/h8-9,22H,5-7H2,1-4H3,(H,19,25)/t8-,9?/m0/s1. The summed E-state index contributed by atoms with van der Waals surface area (Å²) < 4.78 is 7.04. The number of pyridine rings is 1.